The third-order valence-electron chi connectivity index (χ3n) is 2.46. The van der Waals surface area contributed by atoms with Gasteiger partial charge in [-0.15, -0.1) is 0 Å². The number of methoxy groups -OCH3 is 1. The fourth-order valence-electron chi connectivity index (χ4n) is 1.54. The van der Waals surface area contributed by atoms with Gasteiger partial charge in [0.05, 0.1) is 7.11 Å². The summed E-state index contributed by atoms with van der Waals surface area (Å²) in [6.45, 7) is 0. The molecule has 0 bridgehead atoms. The Bertz CT molecular complexity index is 529. The fourth-order valence-corrected chi connectivity index (χ4v) is 1.54. The van der Waals surface area contributed by atoms with Crippen molar-refractivity contribution in [2.45, 2.75) is 0 Å². The highest BCUT2D eigenvalue weighted by atomic mass is 16.5. The van der Waals surface area contributed by atoms with Crippen molar-refractivity contribution >= 4 is 5.78 Å². The highest BCUT2D eigenvalue weighted by molar-refractivity contribution is 6.09. The summed E-state index contributed by atoms with van der Waals surface area (Å²) in [5, 5.41) is 9.16. The SMILES string of the molecule is COc1cccc(C(=O)c2ccc(O)cc2)c1. The number of carbonyl (C=O) groups is 1. The zero-order chi connectivity index (χ0) is 12.3. The lowest BCUT2D eigenvalue weighted by Crippen LogP contribution is -2.01. The van der Waals surface area contributed by atoms with E-state index in [4.69, 9.17) is 9.84 Å². The van der Waals surface area contributed by atoms with Crippen molar-refractivity contribution in [3.8, 4) is 11.5 Å². The van der Waals surface area contributed by atoms with Crippen molar-refractivity contribution in [2.24, 2.45) is 0 Å². The zero-order valence-electron chi connectivity index (χ0n) is 9.38. The molecule has 0 aliphatic rings. The first-order chi connectivity index (χ1) is 8.20. The molecule has 0 amide bonds. The minimum Gasteiger partial charge on any atom is -0.508 e. The second kappa shape index (κ2) is 4.70. The molecule has 0 atom stereocenters. The van der Waals surface area contributed by atoms with Crippen molar-refractivity contribution < 1.29 is 14.6 Å². The van der Waals surface area contributed by atoms with E-state index < -0.39 is 0 Å². The summed E-state index contributed by atoms with van der Waals surface area (Å²) in [5.74, 6) is 0.700. The Balaban J connectivity index is 2.33. The van der Waals surface area contributed by atoms with E-state index in [2.05, 4.69) is 0 Å². The van der Waals surface area contributed by atoms with Gasteiger partial charge in [-0.3, -0.25) is 4.79 Å². The molecule has 2 aromatic rings. The summed E-state index contributed by atoms with van der Waals surface area (Å²) in [6, 6.07) is 13.2. The number of carbonyl (C=O) groups excluding carboxylic acids is 1. The molecule has 1 N–H and O–H groups in total. The van der Waals surface area contributed by atoms with Crippen LogP contribution in [0.4, 0.5) is 0 Å². The third-order valence-corrected chi connectivity index (χ3v) is 2.46. The monoisotopic (exact) mass is 228 g/mol. The maximum Gasteiger partial charge on any atom is 0.193 e. The van der Waals surface area contributed by atoms with E-state index in [1.165, 1.54) is 12.1 Å². The number of hydrogen-bond acceptors (Lipinski definition) is 3. The number of phenolic OH excluding ortho intramolecular Hbond substituents is 1. The third kappa shape index (κ3) is 2.45. The predicted molar refractivity (Wildman–Crippen MR) is 64.5 cm³/mol. The van der Waals surface area contributed by atoms with Crippen molar-refractivity contribution in [3.05, 3.63) is 59.7 Å². The molecular weight excluding hydrogens is 216 g/mol. The van der Waals surface area contributed by atoms with E-state index in [1.54, 1.807) is 43.5 Å². The number of rotatable bonds is 3. The van der Waals surface area contributed by atoms with E-state index in [0.29, 0.717) is 16.9 Å². The van der Waals surface area contributed by atoms with Crippen molar-refractivity contribution in [1.29, 1.82) is 0 Å². The molecule has 0 unspecified atom stereocenters. The average molecular weight is 228 g/mol. The van der Waals surface area contributed by atoms with Gasteiger partial charge in [0.15, 0.2) is 5.78 Å². The first kappa shape index (κ1) is 11.2. The van der Waals surface area contributed by atoms with Gasteiger partial charge < -0.3 is 9.84 Å². The van der Waals surface area contributed by atoms with Gasteiger partial charge in [0.1, 0.15) is 11.5 Å². The van der Waals surface area contributed by atoms with E-state index in [-0.39, 0.29) is 11.5 Å². The first-order valence-electron chi connectivity index (χ1n) is 5.18. The van der Waals surface area contributed by atoms with E-state index in [0.717, 1.165) is 0 Å². The van der Waals surface area contributed by atoms with Crippen LogP contribution in [0, 0.1) is 0 Å². The van der Waals surface area contributed by atoms with Gasteiger partial charge in [0, 0.05) is 11.1 Å². The van der Waals surface area contributed by atoms with Crippen LogP contribution in [0.3, 0.4) is 0 Å². The standard InChI is InChI=1S/C14H12O3/c1-17-13-4-2-3-11(9-13)14(16)10-5-7-12(15)8-6-10/h2-9,15H,1H3. The minimum atomic E-state index is -0.0936. The number of aromatic hydroxyl groups is 1. The Hall–Kier alpha value is -2.29. The molecule has 0 radical (unpaired) electrons. The van der Waals surface area contributed by atoms with Gasteiger partial charge in [0.2, 0.25) is 0 Å². The molecule has 0 heterocycles. The van der Waals surface area contributed by atoms with Crippen molar-refractivity contribution in [1.82, 2.24) is 0 Å². The van der Waals surface area contributed by atoms with Crippen LogP contribution in [-0.4, -0.2) is 18.0 Å². The van der Waals surface area contributed by atoms with Crippen LogP contribution >= 0.6 is 0 Å². The lowest BCUT2D eigenvalue weighted by atomic mass is 10.0. The predicted octanol–water partition coefficient (Wildman–Crippen LogP) is 2.63. The minimum absolute atomic E-state index is 0.0936. The Morgan fingerprint density at radius 1 is 1.06 bits per heavy atom. The van der Waals surface area contributed by atoms with Crippen molar-refractivity contribution in [3.63, 3.8) is 0 Å². The summed E-state index contributed by atoms with van der Waals surface area (Å²) in [7, 11) is 1.56. The van der Waals surface area contributed by atoms with Crippen LogP contribution in [0.2, 0.25) is 0 Å². The van der Waals surface area contributed by atoms with Gasteiger partial charge in [-0.1, -0.05) is 12.1 Å². The van der Waals surface area contributed by atoms with Gasteiger partial charge in [-0.05, 0) is 36.4 Å². The summed E-state index contributed by atoms with van der Waals surface area (Å²) >= 11 is 0. The summed E-state index contributed by atoms with van der Waals surface area (Å²) < 4.78 is 5.07. The number of hydrogen-bond donors (Lipinski definition) is 1. The Labute approximate surface area is 99.3 Å². The topological polar surface area (TPSA) is 46.5 Å². The molecule has 2 rings (SSSR count). The van der Waals surface area contributed by atoms with Crippen LogP contribution < -0.4 is 4.74 Å². The van der Waals surface area contributed by atoms with Crippen LogP contribution in [0.5, 0.6) is 11.5 Å². The molecule has 0 saturated heterocycles. The van der Waals surface area contributed by atoms with Gasteiger partial charge >= 0.3 is 0 Å². The average Bonchev–Trinajstić information content (AvgIpc) is 2.39. The molecule has 0 aliphatic carbocycles. The normalized spacial score (nSPS) is 9.94. The lowest BCUT2D eigenvalue weighted by molar-refractivity contribution is 0.103. The molecule has 86 valence electrons. The largest absolute Gasteiger partial charge is 0.508 e. The molecule has 2 aromatic carbocycles. The smallest absolute Gasteiger partial charge is 0.193 e. The van der Waals surface area contributed by atoms with Crippen LogP contribution in [0.25, 0.3) is 0 Å². The van der Waals surface area contributed by atoms with Gasteiger partial charge in [0.25, 0.3) is 0 Å². The van der Waals surface area contributed by atoms with E-state index in [1.807, 2.05) is 0 Å². The molecule has 0 aromatic heterocycles. The van der Waals surface area contributed by atoms with Crippen molar-refractivity contribution in [2.75, 3.05) is 7.11 Å². The first-order valence-corrected chi connectivity index (χ1v) is 5.18. The molecule has 17 heavy (non-hydrogen) atoms. The maximum absolute atomic E-state index is 12.1. The number of phenols is 1. The van der Waals surface area contributed by atoms with E-state index >= 15 is 0 Å². The molecule has 0 saturated carbocycles. The highest BCUT2D eigenvalue weighted by Crippen LogP contribution is 2.17. The second-order valence-electron chi connectivity index (χ2n) is 3.61. The maximum atomic E-state index is 12.1. The summed E-state index contributed by atoms with van der Waals surface area (Å²) in [5.41, 5.74) is 1.10. The summed E-state index contributed by atoms with van der Waals surface area (Å²) in [4.78, 5) is 12.1. The van der Waals surface area contributed by atoms with Gasteiger partial charge in [-0.2, -0.15) is 0 Å². The molecule has 3 nitrogen and oxygen atoms in total. The summed E-state index contributed by atoms with van der Waals surface area (Å²) in [6.07, 6.45) is 0. The van der Waals surface area contributed by atoms with Crippen LogP contribution in [0.15, 0.2) is 48.5 Å². The Kier molecular flexibility index (Phi) is 3.10. The Morgan fingerprint density at radius 2 is 1.76 bits per heavy atom. The molecule has 3 heteroatoms. The molecule has 0 spiro atoms. The lowest BCUT2D eigenvalue weighted by Gasteiger charge is -2.04. The number of ether oxygens (including phenoxy) is 1. The van der Waals surface area contributed by atoms with E-state index in [9.17, 15) is 4.79 Å². The fraction of sp³-hybridized carbons (Fsp3) is 0.0714. The number of ketones is 1. The molecular formula is C14H12O3. The van der Waals surface area contributed by atoms with Gasteiger partial charge in [-0.25, -0.2) is 0 Å². The number of benzene rings is 2. The Morgan fingerprint density at radius 3 is 2.41 bits per heavy atom. The quantitative estimate of drug-likeness (QED) is 0.821. The molecule has 0 aliphatic heterocycles. The van der Waals surface area contributed by atoms with Crippen LogP contribution in [0.1, 0.15) is 15.9 Å². The zero-order valence-corrected chi connectivity index (χ0v) is 9.38. The second-order valence-corrected chi connectivity index (χ2v) is 3.61. The highest BCUT2D eigenvalue weighted by Gasteiger charge is 2.09. The van der Waals surface area contributed by atoms with Crippen LogP contribution in [-0.2, 0) is 0 Å². The molecule has 0 fully saturated rings.